The fraction of sp³-hybridized carbons (Fsp3) is 0.719. The molecule has 1 aromatic rings. The molecule has 0 unspecified atom stereocenters. The van der Waals surface area contributed by atoms with Gasteiger partial charge in [0, 0.05) is 26.6 Å². The number of oxime groups is 1. The lowest BCUT2D eigenvalue weighted by atomic mass is 9.97. The van der Waals surface area contributed by atoms with E-state index in [0.717, 1.165) is 22.3 Å². The smallest absolute Gasteiger partial charge is 0.413 e. The van der Waals surface area contributed by atoms with Crippen molar-refractivity contribution in [2.45, 2.75) is 116 Å². The molecule has 0 aliphatic carbocycles. The number of carbonyl (C=O) groups excluding carboxylic acids is 5. The summed E-state index contributed by atoms with van der Waals surface area (Å²) in [7, 11) is -6.44. The minimum Gasteiger partial charge on any atom is -0.457 e. The molecule has 2 aliphatic heterocycles. The number of aromatic nitrogens is 1. The third-order valence-electron chi connectivity index (χ3n) is 7.35. The maximum absolute atomic E-state index is 13.8. The number of cyclic esters (lactones) is 1. The highest BCUT2D eigenvalue weighted by Gasteiger charge is 2.56. The zero-order valence-electron chi connectivity index (χ0n) is 32.9. The van der Waals surface area contributed by atoms with Crippen molar-refractivity contribution < 1.29 is 65.5 Å². The molecule has 4 amide bonds. The lowest BCUT2D eigenvalue weighted by Gasteiger charge is -2.45. The highest BCUT2D eigenvalue weighted by atomic mass is 32.2. The van der Waals surface area contributed by atoms with Crippen molar-refractivity contribution in [2.75, 3.05) is 38.4 Å². The van der Waals surface area contributed by atoms with E-state index in [2.05, 4.69) is 40.4 Å². The molecule has 0 bridgehead atoms. The number of hydrogen-bond acceptors (Lipinski definition) is 16. The molecule has 0 saturated carbocycles. The molecule has 0 aromatic carbocycles. The van der Waals surface area contributed by atoms with E-state index in [1.54, 1.807) is 41.5 Å². The number of rotatable bonds is 17. The van der Waals surface area contributed by atoms with Gasteiger partial charge in [0.1, 0.15) is 35.8 Å². The SMILES string of the molecule is CC(C)(C)OC(=O)Nc1nc(/C(=N\OC(C)(C)C(=O)OC(C)(C)C)C(=O)N[C@@H]2C(=O)N(S(=O)(=O)O)[C@@H]2CN2C[C@@H](COCOCC[Si](C)(C)C)OC2=O)cs1. The highest BCUT2D eigenvalue weighted by Crippen LogP contribution is 2.27. The van der Waals surface area contributed by atoms with Crippen LogP contribution in [0.2, 0.25) is 25.7 Å². The molecular formula is C32H52N6O14S2Si. The number of hydrogen-bond donors (Lipinski definition) is 3. The minimum absolute atomic E-state index is 0.0180. The number of esters is 1. The Morgan fingerprint density at radius 1 is 1.05 bits per heavy atom. The molecule has 310 valence electrons. The maximum Gasteiger partial charge on any atom is 0.413 e. The van der Waals surface area contributed by atoms with Gasteiger partial charge in [0.05, 0.1) is 19.2 Å². The van der Waals surface area contributed by atoms with Crippen LogP contribution in [0.15, 0.2) is 10.5 Å². The minimum atomic E-state index is -5.14. The van der Waals surface area contributed by atoms with Crippen molar-refractivity contribution in [1.29, 1.82) is 0 Å². The summed E-state index contributed by atoms with van der Waals surface area (Å²) in [5.74, 6) is -3.18. The summed E-state index contributed by atoms with van der Waals surface area (Å²) >= 11 is 0.879. The van der Waals surface area contributed by atoms with Gasteiger partial charge in [-0.15, -0.1) is 11.3 Å². The molecule has 3 atom stereocenters. The van der Waals surface area contributed by atoms with Crippen LogP contribution in [0, 0.1) is 0 Å². The van der Waals surface area contributed by atoms with Crippen molar-refractivity contribution in [1.82, 2.24) is 19.5 Å². The molecule has 2 fully saturated rings. The van der Waals surface area contributed by atoms with E-state index in [-0.39, 0.29) is 35.1 Å². The molecule has 3 heterocycles. The lowest BCUT2D eigenvalue weighted by molar-refractivity contribution is -0.179. The van der Waals surface area contributed by atoms with Gasteiger partial charge in [0.2, 0.25) is 5.60 Å². The van der Waals surface area contributed by atoms with Crippen LogP contribution in [0.1, 0.15) is 61.1 Å². The molecule has 2 aliphatic rings. The first kappa shape index (κ1) is 45.5. The van der Waals surface area contributed by atoms with Crippen LogP contribution in [0.5, 0.6) is 0 Å². The van der Waals surface area contributed by atoms with Crippen LogP contribution in [-0.2, 0) is 53.2 Å². The lowest BCUT2D eigenvalue weighted by Crippen LogP contribution is -2.74. The average Bonchev–Trinajstić information content (AvgIpc) is 3.59. The van der Waals surface area contributed by atoms with Gasteiger partial charge in [-0.25, -0.2) is 23.7 Å². The average molecular weight is 837 g/mol. The van der Waals surface area contributed by atoms with Gasteiger partial charge < -0.3 is 38.7 Å². The van der Waals surface area contributed by atoms with Crippen LogP contribution in [0.4, 0.5) is 14.7 Å². The van der Waals surface area contributed by atoms with Gasteiger partial charge >= 0.3 is 28.5 Å². The van der Waals surface area contributed by atoms with E-state index in [1.165, 1.54) is 19.2 Å². The predicted molar refractivity (Wildman–Crippen MR) is 200 cm³/mol. The molecule has 3 N–H and O–H groups in total. The van der Waals surface area contributed by atoms with Gasteiger partial charge in [0.15, 0.2) is 10.8 Å². The van der Waals surface area contributed by atoms with Crippen molar-refractivity contribution in [2.24, 2.45) is 5.16 Å². The number of nitrogens with zero attached hydrogens (tertiary/aromatic N) is 4. The second-order valence-corrected chi connectivity index (χ2v) is 24.2. The first-order chi connectivity index (χ1) is 25.1. The maximum atomic E-state index is 13.8. The Kier molecular flexibility index (Phi) is 14.5. The van der Waals surface area contributed by atoms with E-state index in [4.69, 9.17) is 28.5 Å². The van der Waals surface area contributed by atoms with Crippen molar-refractivity contribution >= 4 is 70.5 Å². The largest absolute Gasteiger partial charge is 0.457 e. The monoisotopic (exact) mass is 836 g/mol. The molecular weight excluding hydrogens is 785 g/mol. The number of anilines is 1. The Hall–Kier alpha value is -3.90. The number of nitrogens with one attached hydrogen (secondary N) is 2. The number of amides is 4. The molecule has 1 aromatic heterocycles. The fourth-order valence-electron chi connectivity index (χ4n) is 4.70. The second kappa shape index (κ2) is 17.5. The summed E-state index contributed by atoms with van der Waals surface area (Å²) in [4.78, 5) is 75.7. The van der Waals surface area contributed by atoms with Crippen LogP contribution in [-0.4, -0.2) is 139 Å². The van der Waals surface area contributed by atoms with Gasteiger partial charge in [-0.3, -0.25) is 19.5 Å². The summed E-state index contributed by atoms with van der Waals surface area (Å²) in [6, 6.07) is -2.16. The topological polar surface area (TPSA) is 251 Å². The van der Waals surface area contributed by atoms with Gasteiger partial charge in [-0.2, -0.15) is 8.42 Å². The second-order valence-electron chi connectivity index (χ2n) is 16.5. The Morgan fingerprint density at radius 3 is 2.27 bits per heavy atom. The fourth-order valence-corrected chi connectivity index (χ4v) is 7.00. The predicted octanol–water partition coefficient (Wildman–Crippen LogP) is 2.98. The molecule has 23 heteroatoms. The summed E-state index contributed by atoms with van der Waals surface area (Å²) in [6.07, 6.45) is -2.44. The first-order valence-corrected chi connectivity index (χ1v) is 23.2. The molecule has 3 rings (SSSR count). The Balaban J connectivity index is 1.81. The van der Waals surface area contributed by atoms with E-state index in [1.807, 2.05) is 0 Å². The number of carbonyl (C=O) groups is 5. The van der Waals surface area contributed by atoms with Gasteiger partial charge in [-0.1, -0.05) is 24.8 Å². The highest BCUT2D eigenvalue weighted by molar-refractivity contribution is 7.84. The van der Waals surface area contributed by atoms with Gasteiger partial charge in [0.25, 0.3) is 11.8 Å². The van der Waals surface area contributed by atoms with Gasteiger partial charge in [-0.05, 0) is 61.4 Å². The van der Waals surface area contributed by atoms with E-state index in [9.17, 15) is 36.9 Å². The number of ether oxygens (including phenoxy) is 5. The van der Waals surface area contributed by atoms with Crippen LogP contribution in [0.25, 0.3) is 0 Å². The Labute approximate surface area is 325 Å². The third-order valence-corrected chi connectivity index (χ3v) is 10.8. The summed E-state index contributed by atoms with van der Waals surface area (Å²) in [6.45, 7) is 19.1. The molecule has 55 heavy (non-hydrogen) atoms. The zero-order valence-corrected chi connectivity index (χ0v) is 35.5. The normalized spacial score (nSPS) is 19.8. The molecule has 2 saturated heterocycles. The summed E-state index contributed by atoms with van der Waals surface area (Å²) in [5, 5.41) is 9.99. The van der Waals surface area contributed by atoms with E-state index >= 15 is 0 Å². The van der Waals surface area contributed by atoms with Crippen molar-refractivity contribution in [3.63, 3.8) is 0 Å². The number of β-lactam (4-membered cyclic amide) rings is 1. The van der Waals surface area contributed by atoms with E-state index in [0.29, 0.717) is 6.61 Å². The van der Waals surface area contributed by atoms with Crippen molar-refractivity contribution in [3.05, 3.63) is 11.1 Å². The Bertz CT molecular complexity index is 1730. The van der Waals surface area contributed by atoms with Crippen molar-refractivity contribution in [3.8, 4) is 0 Å². The first-order valence-electron chi connectivity index (χ1n) is 17.2. The molecule has 0 radical (unpaired) electrons. The van der Waals surface area contributed by atoms with Crippen LogP contribution >= 0.6 is 11.3 Å². The van der Waals surface area contributed by atoms with Crippen LogP contribution in [0.3, 0.4) is 0 Å². The third kappa shape index (κ3) is 14.0. The van der Waals surface area contributed by atoms with Crippen LogP contribution < -0.4 is 10.6 Å². The van der Waals surface area contributed by atoms with E-state index < -0.39 is 95.6 Å². The number of thiazole rings is 1. The molecule has 0 spiro atoms. The standard InChI is InChI=1S/C32H52N6O14S2Si/c1-30(2,3)50-26(41)32(7,8)52-36-22(20-17-53-27(33-20)35-28(42)51-31(4,5)6)24(39)34-23-21(38(25(23)40)54(44,45)46)15-37-14-19(49-29(37)43)16-48-18-47-12-13-55(9,10)11/h17,19,21,23H,12-16,18H2,1-11H3,(H,34,39)(H,33,35,42)(H,44,45,46)/b36-22+/t19-,21+,23-/m0/s1. The summed E-state index contributed by atoms with van der Waals surface area (Å²) in [5.41, 5.74) is -4.25. The Morgan fingerprint density at radius 2 is 1.69 bits per heavy atom. The zero-order chi connectivity index (χ0) is 41.7. The molecule has 20 nitrogen and oxygen atoms in total. The summed E-state index contributed by atoms with van der Waals surface area (Å²) < 4.78 is 61.4. The quantitative estimate of drug-likeness (QED) is 0.0235.